The number of benzene rings is 1. The molecule has 3 aromatic rings. The van der Waals surface area contributed by atoms with E-state index in [0.717, 1.165) is 42.9 Å². The first kappa shape index (κ1) is 22.2. The maximum Gasteiger partial charge on any atom is 0.251 e. The lowest BCUT2D eigenvalue weighted by Crippen LogP contribution is -2.44. The summed E-state index contributed by atoms with van der Waals surface area (Å²) in [6, 6.07) is 15.1. The van der Waals surface area contributed by atoms with E-state index in [1.165, 1.54) is 0 Å². The van der Waals surface area contributed by atoms with E-state index in [1.807, 2.05) is 28.8 Å². The molecule has 5 rings (SSSR count). The van der Waals surface area contributed by atoms with Crippen molar-refractivity contribution in [1.82, 2.24) is 14.9 Å². The monoisotopic (exact) mass is 446 g/mol. The van der Waals surface area contributed by atoms with Gasteiger partial charge in [0.05, 0.1) is 11.9 Å². The number of fused-ring (bicyclic) bond motifs is 4. The summed E-state index contributed by atoms with van der Waals surface area (Å²) in [7, 11) is 0. The second-order valence-electron chi connectivity index (χ2n) is 7.63. The third kappa shape index (κ3) is 4.31. The van der Waals surface area contributed by atoms with Crippen molar-refractivity contribution < 1.29 is 4.74 Å². The number of nitrogens with two attached hydrogens (primary N) is 1. The van der Waals surface area contributed by atoms with E-state index in [4.69, 9.17) is 10.5 Å². The number of pyridine rings is 2. The Hall–Kier alpha value is -2.54. The summed E-state index contributed by atoms with van der Waals surface area (Å²) in [4.78, 5) is 16.9. The zero-order valence-corrected chi connectivity index (χ0v) is 17.9. The largest absolute Gasteiger partial charge is 0.439 e. The molecule has 158 valence electrons. The van der Waals surface area contributed by atoms with Gasteiger partial charge in [0.1, 0.15) is 5.75 Å². The summed E-state index contributed by atoms with van der Waals surface area (Å²) in [5.41, 5.74) is 9.45. The van der Waals surface area contributed by atoms with Gasteiger partial charge in [-0.3, -0.25) is 4.79 Å². The number of nitrogens with zero attached hydrogens (tertiary/aromatic N) is 2. The number of nitrogens with one attached hydrogen (secondary N) is 1. The number of anilines is 1. The molecule has 0 aliphatic carbocycles. The highest BCUT2D eigenvalue weighted by Crippen LogP contribution is 2.34. The topological polar surface area (TPSA) is 82.2 Å². The number of hydrogen-bond acceptors (Lipinski definition) is 5. The molecule has 0 unspecified atom stereocenters. The summed E-state index contributed by atoms with van der Waals surface area (Å²) in [6.07, 6.45) is 2.73. The minimum Gasteiger partial charge on any atom is -0.439 e. The standard InChI is InChI=1S/C22H22N4O2.2ClH/c23-18-3-6-21(25-12-18)28-19-4-1-15(2-5-19)16-8-20-17-7-14(10-24-11-17)13-26(20)22(27)9-16;;/h1-6,8-9,12,14,17,24H,7,10-11,13,23H2;2*1H/t14-,17+;;/m0../s1. The van der Waals surface area contributed by atoms with E-state index in [-0.39, 0.29) is 30.4 Å². The minimum absolute atomic E-state index is 0. The molecule has 0 spiro atoms. The van der Waals surface area contributed by atoms with Gasteiger partial charge in [-0.2, -0.15) is 0 Å². The van der Waals surface area contributed by atoms with E-state index >= 15 is 0 Å². The van der Waals surface area contributed by atoms with Crippen LogP contribution in [0.3, 0.4) is 0 Å². The smallest absolute Gasteiger partial charge is 0.251 e. The Morgan fingerprint density at radius 3 is 2.57 bits per heavy atom. The van der Waals surface area contributed by atoms with Crippen molar-refractivity contribution in [1.29, 1.82) is 0 Å². The van der Waals surface area contributed by atoms with E-state index in [0.29, 0.717) is 29.2 Å². The molecule has 2 bridgehead atoms. The first-order chi connectivity index (χ1) is 13.7. The van der Waals surface area contributed by atoms with Gasteiger partial charge in [-0.15, -0.1) is 24.8 Å². The second kappa shape index (κ2) is 9.08. The van der Waals surface area contributed by atoms with Crippen LogP contribution in [0.1, 0.15) is 18.0 Å². The summed E-state index contributed by atoms with van der Waals surface area (Å²) in [5.74, 6) is 2.16. The third-order valence-electron chi connectivity index (χ3n) is 5.63. The lowest BCUT2D eigenvalue weighted by molar-refractivity contribution is 0.257. The van der Waals surface area contributed by atoms with Gasteiger partial charge in [-0.1, -0.05) is 12.1 Å². The van der Waals surface area contributed by atoms with Gasteiger partial charge in [-0.25, -0.2) is 4.98 Å². The molecule has 3 N–H and O–H groups in total. The highest BCUT2D eigenvalue weighted by atomic mass is 35.5. The number of nitrogen functional groups attached to an aromatic ring is 1. The van der Waals surface area contributed by atoms with Crippen molar-refractivity contribution in [3.63, 3.8) is 0 Å². The number of aromatic nitrogens is 2. The van der Waals surface area contributed by atoms with E-state index in [2.05, 4.69) is 16.4 Å². The van der Waals surface area contributed by atoms with Crippen LogP contribution in [-0.2, 0) is 6.54 Å². The average molecular weight is 447 g/mol. The Morgan fingerprint density at radius 2 is 1.83 bits per heavy atom. The normalized spacial score (nSPS) is 19.1. The van der Waals surface area contributed by atoms with Gasteiger partial charge in [0.15, 0.2) is 0 Å². The molecule has 4 heterocycles. The molecule has 2 aliphatic rings. The van der Waals surface area contributed by atoms with Crippen LogP contribution in [0.4, 0.5) is 5.69 Å². The molecule has 30 heavy (non-hydrogen) atoms. The molecule has 8 heteroatoms. The zero-order valence-electron chi connectivity index (χ0n) is 16.3. The lowest BCUT2D eigenvalue weighted by Gasteiger charge is -2.37. The maximum absolute atomic E-state index is 12.7. The SMILES string of the molecule is Cl.Cl.Nc1ccc(Oc2ccc(-c3cc4n(c(=O)c3)C[C@@H]3CNC[C@H]4C3)cc2)nc1. The molecule has 0 radical (unpaired) electrons. The Bertz CT molecular complexity index is 1070. The van der Waals surface area contributed by atoms with Gasteiger partial charge in [-0.05, 0) is 54.3 Å². The van der Waals surface area contributed by atoms with Crippen molar-refractivity contribution in [3.8, 4) is 22.8 Å². The molecular weight excluding hydrogens is 423 g/mol. The molecular formula is C22H24Cl2N4O2. The van der Waals surface area contributed by atoms with Gasteiger partial charge >= 0.3 is 0 Å². The van der Waals surface area contributed by atoms with Gasteiger partial charge < -0.3 is 20.4 Å². The van der Waals surface area contributed by atoms with Crippen LogP contribution in [0.25, 0.3) is 11.1 Å². The molecule has 2 aromatic heterocycles. The first-order valence-corrected chi connectivity index (χ1v) is 9.61. The molecule has 0 saturated carbocycles. The summed E-state index contributed by atoms with van der Waals surface area (Å²) < 4.78 is 7.72. The van der Waals surface area contributed by atoms with Crippen LogP contribution in [0.2, 0.25) is 0 Å². The second-order valence-corrected chi connectivity index (χ2v) is 7.63. The molecule has 6 nitrogen and oxygen atoms in total. The van der Waals surface area contributed by atoms with Crippen molar-refractivity contribution in [2.75, 3.05) is 18.8 Å². The fourth-order valence-corrected chi connectivity index (χ4v) is 4.26. The zero-order chi connectivity index (χ0) is 19.1. The fraction of sp³-hybridized carbons (Fsp3) is 0.273. The van der Waals surface area contributed by atoms with Crippen LogP contribution >= 0.6 is 24.8 Å². The first-order valence-electron chi connectivity index (χ1n) is 9.61. The molecule has 2 atom stereocenters. The fourth-order valence-electron chi connectivity index (χ4n) is 4.26. The maximum atomic E-state index is 12.7. The van der Waals surface area contributed by atoms with Gasteiger partial charge in [0.2, 0.25) is 5.88 Å². The predicted octanol–water partition coefficient (Wildman–Crippen LogP) is 3.84. The van der Waals surface area contributed by atoms with Crippen molar-refractivity contribution in [3.05, 3.63) is 70.8 Å². The van der Waals surface area contributed by atoms with E-state index in [1.54, 1.807) is 24.4 Å². The van der Waals surface area contributed by atoms with Crippen molar-refractivity contribution >= 4 is 30.5 Å². The molecule has 1 saturated heterocycles. The Morgan fingerprint density at radius 1 is 1.03 bits per heavy atom. The Labute approximate surface area is 187 Å². The summed E-state index contributed by atoms with van der Waals surface area (Å²) in [6.45, 7) is 2.77. The number of rotatable bonds is 3. The van der Waals surface area contributed by atoms with E-state index in [9.17, 15) is 4.79 Å². The highest BCUT2D eigenvalue weighted by Gasteiger charge is 2.31. The van der Waals surface area contributed by atoms with Crippen LogP contribution < -0.4 is 21.3 Å². The lowest BCUT2D eigenvalue weighted by atomic mass is 9.83. The number of halogens is 2. The quantitative estimate of drug-likeness (QED) is 0.638. The number of hydrogen-bond donors (Lipinski definition) is 2. The van der Waals surface area contributed by atoms with Gasteiger partial charge in [0, 0.05) is 36.8 Å². The Balaban J connectivity index is 0.00000128. The van der Waals surface area contributed by atoms with Crippen LogP contribution in [-0.4, -0.2) is 22.6 Å². The average Bonchev–Trinajstić information content (AvgIpc) is 2.71. The van der Waals surface area contributed by atoms with Crippen molar-refractivity contribution in [2.45, 2.75) is 18.9 Å². The predicted molar refractivity (Wildman–Crippen MR) is 123 cm³/mol. The number of ether oxygens (including phenoxy) is 1. The molecule has 0 amide bonds. The van der Waals surface area contributed by atoms with E-state index < -0.39 is 0 Å². The summed E-state index contributed by atoms with van der Waals surface area (Å²) in [5, 5.41) is 3.49. The highest BCUT2D eigenvalue weighted by molar-refractivity contribution is 5.85. The molecule has 1 fully saturated rings. The summed E-state index contributed by atoms with van der Waals surface area (Å²) >= 11 is 0. The van der Waals surface area contributed by atoms with Crippen LogP contribution in [0.15, 0.2) is 59.5 Å². The van der Waals surface area contributed by atoms with Gasteiger partial charge in [0.25, 0.3) is 5.56 Å². The van der Waals surface area contributed by atoms with Crippen LogP contribution in [0, 0.1) is 5.92 Å². The molecule has 1 aromatic carbocycles. The van der Waals surface area contributed by atoms with Crippen molar-refractivity contribution in [2.24, 2.45) is 5.92 Å². The Kier molecular flexibility index (Phi) is 6.71. The molecule has 2 aliphatic heterocycles. The minimum atomic E-state index is 0. The van der Waals surface area contributed by atoms with Crippen LogP contribution in [0.5, 0.6) is 11.6 Å². The third-order valence-corrected chi connectivity index (χ3v) is 5.63. The number of piperidine rings is 1.